The highest BCUT2D eigenvalue weighted by Crippen LogP contribution is 2.09. The van der Waals surface area contributed by atoms with Crippen LogP contribution in [0.1, 0.15) is 11.3 Å². The first-order valence-corrected chi connectivity index (χ1v) is 7.89. The molecule has 2 amide bonds. The van der Waals surface area contributed by atoms with Crippen molar-refractivity contribution in [1.82, 2.24) is 15.2 Å². The third kappa shape index (κ3) is 5.03. The number of methoxy groups -OCH3 is 1. The smallest absolute Gasteiger partial charge is 0.315 e. The Morgan fingerprint density at radius 1 is 1.21 bits per heavy atom. The van der Waals surface area contributed by atoms with Crippen molar-refractivity contribution in [2.75, 3.05) is 13.7 Å². The largest absolute Gasteiger partial charge is 0.496 e. The molecule has 1 aromatic heterocycles. The highest BCUT2D eigenvalue weighted by molar-refractivity contribution is 6.30. The highest BCUT2D eigenvalue weighted by atomic mass is 35.5. The molecule has 1 aromatic carbocycles. The number of rotatable bonds is 6. The van der Waals surface area contributed by atoms with Crippen LogP contribution in [-0.4, -0.2) is 24.3 Å². The standard InChI is InChI=1S/C17H20ClN3O3/c1-12-9-15(24-2)10-16(22)21(12)8-7-19-17(23)20-11-13-3-5-14(18)6-4-13/h3-6,9-10H,7-8,11H2,1-2H3,(H2,19,20,23). The number of nitrogens with one attached hydrogen (secondary N) is 2. The fraction of sp³-hybridized carbons (Fsp3) is 0.294. The summed E-state index contributed by atoms with van der Waals surface area (Å²) in [6, 6.07) is 10.2. The number of carbonyl (C=O) groups is 1. The Kier molecular flexibility index (Phi) is 6.26. The van der Waals surface area contributed by atoms with Gasteiger partial charge in [-0.1, -0.05) is 23.7 Å². The Bertz CT molecular complexity index is 757. The second kappa shape index (κ2) is 8.40. The van der Waals surface area contributed by atoms with E-state index in [1.807, 2.05) is 19.1 Å². The number of halogens is 1. The van der Waals surface area contributed by atoms with Crippen molar-refractivity contribution in [3.05, 3.63) is 63.0 Å². The third-order valence-electron chi connectivity index (χ3n) is 3.53. The van der Waals surface area contributed by atoms with Gasteiger partial charge in [0.2, 0.25) is 0 Å². The number of hydrogen-bond donors (Lipinski definition) is 2. The SMILES string of the molecule is COc1cc(C)n(CCNC(=O)NCc2ccc(Cl)cc2)c(=O)c1. The Balaban J connectivity index is 1.80. The lowest BCUT2D eigenvalue weighted by atomic mass is 10.2. The molecule has 24 heavy (non-hydrogen) atoms. The van der Waals surface area contributed by atoms with E-state index in [2.05, 4.69) is 10.6 Å². The van der Waals surface area contributed by atoms with Gasteiger partial charge >= 0.3 is 6.03 Å². The molecule has 2 rings (SSSR count). The summed E-state index contributed by atoms with van der Waals surface area (Å²) in [6.45, 7) is 2.97. The number of hydrogen-bond acceptors (Lipinski definition) is 3. The number of ether oxygens (including phenoxy) is 1. The van der Waals surface area contributed by atoms with Crippen LogP contribution in [0.3, 0.4) is 0 Å². The minimum atomic E-state index is -0.288. The van der Waals surface area contributed by atoms with Gasteiger partial charge in [-0.05, 0) is 30.7 Å². The molecule has 0 aliphatic rings. The van der Waals surface area contributed by atoms with Crippen molar-refractivity contribution in [2.24, 2.45) is 0 Å². The lowest BCUT2D eigenvalue weighted by molar-refractivity contribution is 0.240. The van der Waals surface area contributed by atoms with Gasteiger partial charge in [0, 0.05) is 36.4 Å². The van der Waals surface area contributed by atoms with Crippen LogP contribution in [0.5, 0.6) is 5.75 Å². The van der Waals surface area contributed by atoms with Crippen LogP contribution in [0.15, 0.2) is 41.2 Å². The van der Waals surface area contributed by atoms with Crippen LogP contribution >= 0.6 is 11.6 Å². The van der Waals surface area contributed by atoms with Crippen LogP contribution in [0, 0.1) is 6.92 Å². The van der Waals surface area contributed by atoms with Gasteiger partial charge in [0.1, 0.15) is 5.75 Å². The summed E-state index contributed by atoms with van der Waals surface area (Å²) in [5.74, 6) is 0.530. The Morgan fingerprint density at radius 3 is 2.54 bits per heavy atom. The molecule has 0 saturated carbocycles. The average molecular weight is 350 g/mol. The molecule has 0 radical (unpaired) electrons. The van der Waals surface area contributed by atoms with Crippen LogP contribution in [0.25, 0.3) is 0 Å². The predicted octanol–water partition coefficient (Wildman–Crippen LogP) is 2.32. The highest BCUT2D eigenvalue weighted by Gasteiger charge is 2.05. The number of aryl methyl sites for hydroxylation is 1. The second-order valence-corrected chi connectivity index (χ2v) is 5.70. The maximum absolute atomic E-state index is 12.0. The average Bonchev–Trinajstić information content (AvgIpc) is 2.56. The van der Waals surface area contributed by atoms with Crippen LogP contribution in [0.2, 0.25) is 5.02 Å². The third-order valence-corrected chi connectivity index (χ3v) is 3.78. The Morgan fingerprint density at radius 2 is 1.92 bits per heavy atom. The molecule has 0 bridgehead atoms. The van der Waals surface area contributed by atoms with Crippen LogP contribution in [-0.2, 0) is 13.1 Å². The van der Waals surface area contributed by atoms with Gasteiger partial charge in [0.15, 0.2) is 0 Å². The number of aromatic nitrogens is 1. The number of carbonyl (C=O) groups excluding carboxylic acids is 1. The van der Waals surface area contributed by atoms with E-state index in [1.165, 1.54) is 13.2 Å². The van der Waals surface area contributed by atoms with Gasteiger partial charge in [-0.15, -0.1) is 0 Å². The maximum atomic E-state index is 12.0. The van der Waals surface area contributed by atoms with Crippen molar-refractivity contribution in [3.63, 3.8) is 0 Å². The van der Waals surface area contributed by atoms with E-state index < -0.39 is 0 Å². The fourth-order valence-corrected chi connectivity index (χ4v) is 2.36. The van der Waals surface area contributed by atoms with Crippen LogP contribution < -0.4 is 20.9 Å². The molecule has 0 aliphatic heterocycles. The van der Waals surface area contributed by atoms with Crippen molar-refractivity contribution < 1.29 is 9.53 Å². The molecular formula is C17H20ClN3O3. The monoisotopic (exact) mass is 349 g/mol. The van der Waals surface area contributed by atoms with E-state index in [-0.39, 0.29) is 11.6 Å². The molecular weight excluding hydrogens is 330 g/mol. The van der Waals surface area contributed by atoms with E-state index >= 15 is 0 Å². The van der Waals surface area contributed by atoms with Crippen molar-refractivity contribution >= 4 is 17.6 Å². The summed E-state index contributed by atoms with van der Waals surface area (Å²) in [4.78, 5) is 23.8. The molecule has 0 atom stereocenters. The molecule has 7 heteroatoms. The number of benzene rings is 1. The van der Waals surface area contributed by atoms with Crippen molar-refractivity contribution in [3.8, 4) is 5.75 Å². The number of urea groups is 1. The van der Waals surface area contributed by atoms with E-state index in [0.29, 0.717) is 30.4 Å². The van der Waals surface area contributed by atoms with Crippen LogP contribution in [0.4, 0.5) is 4.79 Å². The summed E-state index contributed by atoms with van der Waals surface area (Å²) in [5, 5.41) is 6.14. The number of pyridine rings is 1. The molecule has 2 aromatic rings. The molecule has 0 spiro atoms. The fourth-order valence-electron chi connectivity index (χ4n) is 2.23. The van der Waals surface area contributed by atoms with Gasteiger partial charge in [-0.25, -0.2) is 4.79 Å². The zero-order chi connectivity index (χ0) is 17.5. The predicted molar refractivity (Wildman–Crippen MR) is 93.7 cm³/mol. The second-order valence-electron chi connectivity index (χ2n) is 5.26. The van der Waals surface area contributed by atoms with Gasteiger partial charge in [0.05, 0.1) is 7.11 Å². The Hall–Kier alpha value is -2.47. The zero-order valence-electron chi connectivity index (χ0n) is 13.6. The number of amides is 2. The topological polar surface area (TPSA) is 72.4 Å². The lowest BCUT2D eigenvalue weighted by Gasteiger charge is -2.12. The quantitative estimate of drug-likeness (QED) is 0.840. The lowest BCUT2D eigenvalue weighted by Crippen LogP contribution is -2.38. The van der Waals surface area contributed by atoms with Gasteiger partial charge < -0.3 is 19.9 Å². The molecule has 0 unspecified atom stereocenters. The maximum Gasteiger partial charge on any atom is 0.315 e. The zero-order valence-corrected chi connectivity index (χ0v) is 14.4. The van der Waals surface area contributed by atoms with E-state index in [1.54, 1.807) is 22.8 Å². The molecule has 6 nitrogen and oxygen atoms in total. The van der Waals surface area contributed by atoms with Crippen molar-refractivity contribution in [2.45, 2.75) is 20.0 Å². The molecule has 0 saturated heterocycles. The summed E-state index contributed by atoms with van der Waals surface area (Å²) in [6.07, 6.45) is 0. The minimum absolute atomic E-state index is 0.157. The molecule has 0 aliphatic carbocycles. The van der Waals surface area contributed by atoms with Gasteiger partial charge in [-0.3, -0.25) is 4.79 Å². The molecule has 1 heterocycles. The van der Waals surface area contributed by atoms with E-state index in [0.717, 1.165) is 11.3 Å². The summed E-state index contributed by atoms with van der Waals surface area (Å²) in [5.41, 5.74) is 1.58. The normalized spacial score (nSPS) is 10.3. The summed E-state index contributed by atoms with van der Waals surface area (Å²) in [7, 11) is 1.52. The van der Waals surface area contributed by atoms with Gasteiger partial charge in [0.25, 0.3) is 5.56 Å². The first-order chi connectivity index (χ1) is 11.5. The van der Waals surface area contributed by atoms with Crippen molar-refractivity contribution in [1.29, 1.82) is 0 Å². The molecule has 0 fully saturated rings. The molecule has 128 valence electrons. The minimum Gasteiger partial charge on any atom is -0.496 e. The first-order valence-electron chi connectivity index (χ1n) is 7.51. The molecule has 2 N–H and O–H groups in total. The summed E-state index contributed by atoms with van der Waals surface area (Å²) >= 11 is 5.81. The van der Waals surface area contributed by atoms with E-state index in [9.17, 15) is 9.59 Å². The number of nitrogens with zero attached hydrogens (tertiary/aromatic N) is 1. The van der Waals surface area contributed by atoms with Gasteiger partial charge in [-0.2, -0.15) is 0 Å². The van der Waals surface area contributed by atoms with E-state index in [4.69, 9.17) is 16.3 Å². The first kappa shape index (κ1) is 17.9. The Labute approximate surface area is 145 Å². The summed E-state index contributed by atoms with van der Waals surface area (Å²) < 4.78 is 6.64.